The standard InChI is InChI=1S/C22H25Cl2NO/c1-14-10-15(6-8-17-18(23)4-3-5-19(17)24)11-16-7-9-20(21(14)16)25-12-22(2,26)13-25/h3-5,10-11,20,26H,6-9,12-13H2,1-2H3/t20-/m0/s1. The molecule has 2 aliphatic rings. The fourth-order valence-corrected chi connectivity index (χ4v) is 5.26. The lowest BCUT2D eigenvalue weighted by Crippen LogP contribution is -2.60. The number of likely N-dealkylation sites (tertiary alicyclic amines) is 1. The van der Waals surface area contributed by atoms with Gasteiger partial charge in [-0.3, -0.25) is 4.90 Å². The molecule has 1 fully saturated rings. The molecule has 0 radical (unpaired) electrons. The Kier molecular flexibility index (Phi) is 4.81. The highest BCUT2D eigenvalue weighted by molar-refractivity contribution is 6.35. The van der Waals surface area contributed by atoms with Crippen molar-refractivity contribution in [2.75, 3.05) is 13.1 Å². The molecule has 1 aliphatic carbocycles. The van der Waals surface area contributed by atoms with Crippen LogP contribution in [0, 0.1) is 6.92 Å². The molecule has 138 valence electrons. The Balaban J connectivity index is 1.51. The maximum absolute atomic E-state index is 10.1. The van der Waals surface area contributed by atoms with Gasteiger partial charge >= 0.3 is 0 Å². The van der Waals surface area contributed by atoms with Crippen molar-refractivity contribution in [3.63, 3.8) is 0 Å². The van der Waals surface area contributed by atoms with E-state index in [9.17, 15) is 5.11 Å². The molecule has 0 aromatic heterocycles. The van der Waals surface area contributed by atoms with E-state index in [1.165, 1.54) is 22.3 Å². The van der Waals surface area contributed by atoms with Crippen molar-refractivity contribution in [2.45, 2.75) is 51.2 Å². The summed E-state index contributed by atoms with van der Waals surface area (Å²) in [5, 5.41) is 11.6. The molecule has 2 nitrogen and oxygen atoms in total. The van der Waals surface area contributed by atoms with E-state index in [1.807, 2.05) is 25.1 Å². The van der Waals surface area contributed by atoms with Crippen molar-refractivity contribution in [2.24, 2.45) is 0 Å². The van der Waals surface area contributed by atoms with Gasteiger partial charge in [0.1, 0.15) is 0 Å². The Bertz CT molecular complexity index is 818. The highest BCUT2D eigenvalue weighted by Gasteiger charge is 2.42. The van der Waals surface area contributed by atoms with Gasteiger partial charge in [0.2, 0.25) is 0 Å². The van der Waals surface area contributed by atoms with E-state index in [2.05, 4.69) is 24.0 Å². The number of hydrogen-bond donors (Lipinski definition) is 1. The molecule has 0 spiro atoms. The van der Waals surface area contributed by atoms with Crippen molar-refractivity contribution in [3.05, 3.63) is 68.2 Å². The molecule has 26 heavy (non-hydrogen) atoms. The lowest BCUT2D eigenvalue weighted by atomic mass is 9.90. The Hall–Kier alpha value is -1.06. The van der Waals surface area contributed by atoms with Crippen molar-refractivity contribution >= 4 is 23.2 Å². The molecule has 0 saturated carbocycles. The number of nitrogens with zero attached hydrogens (tertiary/aromatic N) is 1. The maximum atomic E-state index is 10.1. The van der Waals surface area contributed by atoms with Crippen LogP contribution in [0.1, 0.15) is 47.2 Å². The van der Waals surface area contributed by atoms with Gasteiger partial charge in [-0.2, -0.15) is 0 Å². The smallest absolute Gasteiger partial charge is 0.0872 e. The number of benzene rings is 2. The first-order chi connectivity index (χ1) is 12.3. The van der Waals surface area contributed by atoms with E-state index < -0.39 is 5.60 Å². The first-order valence-corrected chi connectivity index (χ1v) is 10.1. The first kappa shape index (κ1) is 18.3. The van der Waals surface area contributed by atoms with Gasteiger partial charge in [-0.15, -0.1) is 0 Å². The number of halogens is 2. The van der Waals surface area contributed by atoms with E-state index in [0.717, 1.165) is 54.4 Å². The van der Waals surface area contributed by atoms with Crippen LogP contribution >= 0.6 is 23.2 Å². The molecule has 0 bridgehead atoms. The lowest BCUT2D eigenvalue weighted by Gasteiger charge is -2.48. The second-order valence-electron chi connectivity index (χ2n) is 8.14. The first-order valence-electron chi connectivity index (χ1n) is 9.36. The minimum atomic E-state index is -0.509. The van der Waals surface area contributed by atoms with Gasteiger partial charge < -0.3 is 5.11 Å². The summed E-state index contributed by atoms with van der Waals surface area (Å²) >= 11 is 12.6. The Morgan fingerprint density at radius 3 is 2.50 bits per heavy atom. The summed E-state index contributed by atoms with van der Waals surface area (Å²) in [7, 11) is 0. The zero-order chi connectivity index (χ0) is 18.5. The van der Waals surface area contributed by atoms with Crippen LogP contribution in [0.3, 0.4) is 0 Å². The van der Waals surface area contributed by atoms with E-state index in [4.69, 9.17) is 23.2 Å². The molecule has 2 aromatic carbocycles. The monoisotopic (exact) mass is 389 g/mol. The Morgan fingerprint density at radius 2 is 1.85 bits per heavy atom. The summed E-state index contributed by atoms with van der Waals surface area (Å²) in [4.78, 5) is 2.42. The van der Waals surface area contributed by atoms with Crippen molar-refractivity contribution in [3.8, 4) is 0 Å². The number of fused-ring (bicyclic) bond motifs is 1. The quantitative estimate of drug-likeness (QED) is 0.781. The average Bonchev–Trinajstić information content (AvgIpc) is 2.96. The summed E-state index contributed by atoms with van der Waals surface area (Å²) in [5.41, 5.74) is 6.21. The molecule has 1 atom stereocenters. The zero-order valence-corrected chi connectivity index (χ0v) is 16.9. The number of rotatable bonds is 4. The number of hydrogen-bond acceptors (Lipinski definition) is 2. The van der Waals surface area contributed by atoms with Crippen LogP contribution in [0.5, 0.6) is 0 Å². The van der Waals surface area contributed by atoms with Crippen molar-refractivity contribution in [1.29, 1.82) is 0 Å². The van der Waals surface area contributed by atoms with Crippen molar-refractivity contribution in [1.82, 2.24) is 4.90 Å². The van der Waals surface area contributed by atoms with Crippen LogP contribution in [-0.2, 0) is 19.3 Å². The second kappa shape index (κ2) is 6.83. The summed E-state index contributed by atoms with van der Waals surface area (Å²) < 4.78 is 0. The van der Waals surface area contributed by atoms with Crippen LogP contribution in [0.4, 0.5) is 0 Å². The molecule has 4 rings (SSSR count). The lowest BCUT2D eigenvalue weighted by molar-refractivity contribution is -0.103. The largest absolute Gasteiger partial charge is 0.388 e. The molecule has 0 unspecified atom stereocenters. The van der Waals surface area contributed by atoms with E-state index in [1.54, 1.807) is 0 Å². The molecule has 1 heterocycles. The van der Waals surface area contributed by atoms with E-state index in [0.29, 0.717) is 6.04 Å². The molecule has 2 aromatic rings. The van der Waals surface area contributed by atoms with Gasteiger partial charge in [0.05, 0.1) is 5.60 Å². The fourth-order valence-electron chi connectivity index (χ4n) is 4.67. The van der Waals surface area contributed by atoms with Crippen LogP contribution in [-0.4, -0.2) is 28.7 Å². The Labute approximate surface area is 165 Å². The van der Waals surface area contributed by atoms with E-state index in [-0.39, 0.29) is 0 Å². The third-order valence-corrected chi connectivity index (χ3v) is 6.51. The minimum absolute atomic E-state index is 0.470. The highest BCUT2D eigenvalue weighted by Crippen LogP contribution is 2.42. The van der Waals surface area contributed by atoms with Gasteiger partial charge in [-0.05, 0) is 79.5 Å². The van der Waals surface area contributed by atoms with Gasteiger partial charge in [0.25, 0.3) is 0 Å². The second-order valence-corrected chi connectivity index (χ2v) is 8.96. The summed E-state index contributed by atoms with van der Waals surface area (Å²) in [6, 6.07) is 10.9. The highest BCUT2D eigenvalue weighted by atomic mass is 35.5. The summed E-state index contributed by atoms with van der Waals surface area (Å²) in [6.07, 6.45) is 4.09. The van der Waals surface area contributed by atoms with Gasteiger partial charge in [0, 0.05) is 29.2 Å². The SMILES string of the molecule is Cc1cc(CCc2c(Cl)cccc2Cl)cc2c1[C@@H](N1CC(C)(O)C1)CC2. The third-order valence-electron chi connectivity index (χ3n) is 5.81. The molecule has 1 saturated heterocycles. The van der Waals surface area contributed by atoms with Gasteiger partial charge in [-0.25, -0.2) is 0 Å². The summed E-state index contributed by atoms with van der Waals surface area (Å²) in [6.45, 7) is 5.71. The number of aliphatic hydroxyl groups is 1. The maximum Gasteiger partial charge on any atom is 0.0872 e. The van der Waals surface area contributed by atoms with E-state index >= 15 is 0 Å². The normalized spacial score (nSPS) is 21.5. The average molecular weight is 390 g/mol. The van der Waals surface area contributed by atoms with Crippen LogP contribution < -0.4 is 0 Å². The molecule has 4 heteroatoms. The van der Waals surface area contributed by atoms with Crippen LogP contribution in [0.25, 0.3) is 0 Å². The zero-order valence-electron chi connectivity index (χ0n) is 15.4. The van der Waals surface area contributed by atoms with Crippen LogP contribution in [0.2, 0.25) is 10.0 Å². The topological polar surface area (TPSA) is 23.5 Å². The molecular formula is C22H25Cl2NO. The number of aryl methyl sites for hydroxylation is 3. The fraction of sp³-hybridized carbons (Fsp3) is 0.455. The summed E-state index contributed by atoms with van der Waals surface area (Å²) in [5.74, 6) is 0. The minimum Gasteiger partial charge on any atom is -0.388 e. The predicted molar refractivity (Wildman–Crippen MR) is 108 cm³/mol. The van der Waals surface area contributed by atoms with Crippen molar-refractivity contribution < 1.29 is 5.11 Å². The molecule has 1 N–H and O–H groups in total. The Morgan fingerprint density at radius 1 is 1.15 bits per heavy atom. The van der Waals surface area contributed by atoms with Gasteiger partial charge in [0.15, 0.2) is 0 Å². The molecule has 1 aliphatic heterocycles. The number of β-amino-alcohol motifs (C(OH)–C–C–N with tert-alkyl or cyclic N) is 1. The third kappa shape index (κ3) is 3.41. The van der Waals surface area contributed by atoms with Gasteiger partial charge in [-0.1, -0.05) is 41.4 Å². The molecule has 0 amide bonds. The van der Waals surface area contributed by atoms with Crippen LogP contribution in [0.15, 0.2) is 30.3 Å². The predicted octanol–water partition coefficient (Wildman–Crippen LogP) is 5.14. The molecular weight excluding hydrogens is 365 g/mol.